The maximum atomic E-state index is 13.9. The summed E-state index contributed by atoms with van der Waals surface area (Å²) in [5, 5.41) is 0.782. The maximum absolute atomic E-state index is 13.9. The van der Waals surface area contributed by atoms with Crippen LogP contribution in [0.2, 0.25) is 5.02 Å². The lowest BCUT2D eigenvalue weighted by molar-refractivity contribution is 0.0734. The summed E-state index contributed by atoms with van der Waals surface area (Å²) in [5.41, 5.74) is 2.32. The number of allylic oxidation sites excluding steroid dienone is 1. The molecule has 0 saturated carbocycles. The lowest BCUT2D eigenvalue weighted by Crippen LogP contribution is -2.09. The highest BCUT2D eigenvalue weighted by Crippen LogP contribution is 2.30. The molecule has 0 aliphatic rings. The van der Waals surface area contributed by atoms with E-state index >= 15 is 0 Å². The molecule has 4 aromatic carbocycles. The van der Waals surface area contributed by atoms with E-state index in [0.29, 0.717) is 40.2 Å². The third-order valence-electron chi connectivity index (χ3n) is 6.04. The number of halogens is 2. The average molecular weight is 541 g/mol. The molecule has 0 fully saturated rings. The van der Waals surface area contributed by atoms with E-state index in [1.54, 1.807) is 31.2 Å². The first-order chi connectivity index (χ1) is 18.9. The standard InChI is InChI=1S/C32H22ClFO5/c1-20-31(26-18-24(14-17-30(26)38-20)37-19-21-6-3-2-4-7-21)32(36)39-23-12-10-22(11-13-23)29(35)16-15-25-27(33)8-5-9-28(25)34/h2-18H,19H2,1H3/b16-15+. The number of esters is 1. The van der Waals surface area contributed by atoms with Crippen molar-refractivity contribution < 1.29 is 27.9 Å². The van der Waals surface area contributed by atoms with Crippen LogP contribution in [-0.2, 0) is 6.61 Å². The predicted octanol–water partition coefficient (Wildman–Crippen LogP) is 8.23. The van der Waals surface area contributed by atoms with Gasteiger partial charge in [0.05, 0.1) is 5.02 Å². The molecule has 5 nitrogen and oxygen atoms in total. The fourth-order valence-corrected chi connectivity index (χ4v) is 4.28. The zero-order valence-electron chi connectivity index (χ0n) is 20.8. The Morgan fingerprint density at radius 3 is 2.41 bits per heavy atom. The number of ether oxygens (including phenoxy) is 2. The second kappa shape index (κ2) is 11.4. The molecule has 0 N–H and O–H groups in total. The van der Waals surface area contributed by atoms with Crippen molar-refractivity contribution >= 4 is 40.4 Å². The topological polar surface area (TPSA) is 65.7 Å². The quantitative estimate of drug-likeness (QED) is 0.0858. The van der Waals surface area contributed by atoms with E-state index in [-0.39, 0.29) is 22.1 Å². The van der Waals surface area contributed by atoms with Crippen LogP contribution in [-0.4, -0.2) is 11.8 Å². The van der Waals surface area contributed by atoms with Crippen LogP contribution in [0.1, 0.15) is 37.6 Å². The highest BCUT2D eigenvalue weighted by atomic mass is 35.5. The van der Waals surface area contributed by atoms with E-state index in [9.17, 15) is 14.0 Å². The Hall–Kier alpha value is -4.68. The van der Waals surface area contributed by atoms with E-state index < -0.39 is 11.8 Å². The van der Waals surface area contributed by atoms with Crippen molar-refractivity contribution in [3.05, 3.63) is 136 Å². The molecule has 0 unspecified atom stereocenters. The van der Waals surface area contributed by atoms with Gasteiger partial charge >= 0.3 is 5.97 Å². The lowest BCUT2D eigenvalue weighted by Gasteiger charge is -2.07. The van der Waals surface area contributed by atoms with Gasteiger partial charge in [0.15, 0.2) is 5.78 Å². The number of benzene rings is 4. The Morgan fingerprint density at radius 2 is 1.67 bits per heavy atom. The summed E-state index contributed by atoms with van der Waals surface area (Å²) in [6.07, 6.45) is 2.57. The van der Waals surface area contributed by atoms with Crippen molar-refractivity contribution in [3.8, 4) is 11.5 Å². The molecule has 1 aromatic heterocycles. The van der Waals surface area contributed by atoms with E-state index in [1.807, 2.05) is 30.3 Å². The monoisotopic (exact) mass is 540 g/mol. The molecule has 194 valence electrons. The summed E-state index contributed by atoms with van der Waals surface area (Å²) in [4.78, 5) is 25.6. The summed E-state index contributed by atoms with van der Waals surface area (Å²) >= 11 is 6.00. The van der Waals surface area contributed by atoms with Crippen molar-refractivity contribution in [2.24, 2.45) is 0 Å². The molecule has 39 heavy (non-hydrogen) atoms. The minimum absolute atomic E-state index is 0.134. The third kappa shape index (κ3) is 5.92. The SMILES string of the molecule is Cc1oc2ccc(OCc3ccccc3)cc2c1C(=O)Oc1ccc(C(=O)/C=C/c2c(F)cccc2Cl)cc1. The summed E-state index contributed by atoms with van der Waals surface area (Å²) in [6, 6.07) is 25.4. The zero-order chi connectivity index (χ0) is 27.4. The van der Waals surface area contributed by atoms with Gasteiger partial charge in [-0.2, -0.15) is 0 Å². The van der Waals surface area contributed by atoms with Gasteiger partial charge < -0.3 is 13.9 Å². The molecule has 0 saturated heterocycles. The number of rotatable bonds is 8. The number of carbonyl (C=O) groups excluding carboxylic acids is 2. The zero-order valence-corrected chi connectivity index (χ0v) is 21.6. The highest BCUT2D eigenvalue weighted by Gasteiger charge is 2.21. The Bertz CT molecular complexity index is 1670. The average Bonchev–Trinajstić information content (AvgIpc) is 3.27. The molecule has 7 heteroatoms. The van der Waals surface area contributed by atoms with Crippen LogP contribution in [0.5, 0.6) is 11.5 Å². The normalized spacial score (nSPS) is 11.2. The van der Waals surface area contributed by atoms with Gasteiger partial charge in [0, 0.05) is 16.5 Å². The van der Waals surface area contributed by atoms with Crippen LogP contribution in [0.3, 0.4) is 0 Å². The molecular weight excluding hydrogens is 519 g/mol. The number of carbonyl (C=O) groups is 2. The molecule has 0 aliphatic heterocycles. The third-order valence-corrected chi connectivity index (χ3v) is 6.37. The molecule has 5 aromatic rings. The fourth-order valence-electron chi connectivity index (χ4n) is 4.05. The summed E-state index contributed by atoms with van der Waals surface area (Å²) < 4.78 is 31.2. The van der Waals surface area contributed by atoms with Crippen molar-refractivity contribution in [1.82, 2.24) is 0 Å². The Morgan fingerprint density at radius 1 is 0.923 bits per heavy atom. The van der Waals surface area contributed by atoms with Gasteiger partial charge in [-0.15, -0.1) is 0 Å². The van der Waals surface area contributed by atoms with Crippen LogP contribution in [0, 0.1) is 12.7 Å². The number of furan rings is 1. The Kier molecular flexibility index (Phi) is 7.57. The summed E-state index contributed by atoms with van der Waals surface area (Å²) in [5.74, 6) is -0.215. The second-order valence-electron chi connectivity index (χ2n) is 8.71. The van der Waals surface area contributed by atoms with Crippen LogP contribution in [0.4, 0.5) is 4.39 Å². The molecule has 0 aliphatic carbocycles. The number of fused-ring (bicyclic) bond motifs is 1. The van der Waals surface area contributed by atoms with Gasteiger partial charge in [-0.1, -0.05) is 48.0 Å². The number of hydrogen-bond acceptors (Lipinski definition) is 5. The molecule has 1 heterocycles. The van der Waals surface area contributed by atoms with E-state index in [0.717, 1.165) is 5.56 Å². The molecule has 0 spiro atoms. The number of ketones is 1. The van der Waals surface area contributed by atoms with Crippen LogP contribution in [0.15, 0.2) is 101 Å². The first-order valence-corrected chi connectivity index (χ1v) is 12.5. The largest absolute Gasteiger partial charge is 0.489 e. The highest BCUT2D eigenvalue weighted by molar-refractivity contribution is 6.32. The fraction of sp³-hybridized carbons (Fsp3) is 0.0625. The molecule has 0 amide bonds. The van der Waals surface area contributed by atoms with Gasteiger partial charge in [0.2, 0.25) is 0 Å². The van der Waals surface area contributed by atoms with Gasteiger partial charge in [0.25, 0.3) is 0 Å². The van der Waals surface area contributed by atoms with Crippen LogP contribution in [0.25, 0.3) is 17.0 Å². The van der Waals surface area contributed by atoms with E-state index in [4.69, 9.17) is 25.5 Å². The van der Waals surface area contributed by atoms with E-state index in [1.165, 1.54) is 48.6 Å². The van der Waals surface area contributed by atoms with Crippen LogP contribution < -0.4 is 9.47 Å². The second-order valence-corrected chi connectivity index (χ2v) is 9.12. The van der Waals surface area contributed by atoms with Crippen molar-refractivity contribution in [2.45, 2.75) is 13.5 Å². The maximum Gasteiger partial charge on any atom is 0.347 e. The molecule has 5 rings (SSSR count). The summed E-state index contributed by atoms with van der Waals surface area (Å²) in [6.45, 7) is 2.08. The summed E-state index contributed by atoms with van der Waals surface area (Å²) in [7, 11) is 0. The minimum atomic E-state index is -0.598. The van der Waals surface area contributed by atoms with Gasteiger partial charge in [-0.25, -0.2) is 9.18 Å². The molecule has 0 radical (unpaired) electrons. The van der Waals surface area contributed by atoms with E-state index in [2.05, 4.69) is 0 Å². The molecular formula is C32H22ClFO5. The Balaban J connectivity index is 1.29. The first-order valence-electron chi connectivity index (χ1n) is 12.1. The van der Waals surface area contributed by atoms with Crippen molar-refractivity contribution in [2.75, 3.05) is 0 Å². The molecule has 0 bridgehead atoms. The van der Waals surface area contributed by atoms with Crippen molar-refractivity contribution in [3.63, 3.8) is 0 Å². The molecule has 0 atom stereocenters. The number of hydrogen-bond donors (Lipinski definition) is 0. The smallest absolute Gasteiger partial charge is 0.347 e. The van der Waals surface area contributed by atoms with Gasteiger partial charge in [-0.05, 0) is 79.2 Å². The van der Waals surface area contributed by atoms with Crippen molar-refractivity contribution in [1.29, 1.82) is 0 Å². The minimum Gasteiger partial charge on any atom is -0.489 e. The van der Waals surface area contributed by atoms with Crippen LogP contribution >= 0.6 is 11.6 Å². The Labute approximate surface area is 229 Å². The van der Waals surface area contributed by atoms with Gasteiger partial charge in [-0.3, -0.25) is 4.79 Å². The lowest BCUT2D eigenvalue weighted by atomic mass is 10.1. The first kappa shape index (κ1) is 25.9. The van der Waals surface area contributed by atoms with Gasteiger partial charge in [0.1, 0.15) is 40.8 Å². The number of aryl methyl sites for hydroxylation is 1. The predicted molar refractivity (Wildman–Crippen MR) is 148 cm³/mol.